The molecule has 2 fully saturated rings. The Balaban J connectivity index is 1.66. The first-order valence-corrected chi connectivity index (χ1v) is 5.95. The van der Waals surface area contributed by atoms with Gasteiger partial charge >= 0.3 is 0 Å². The fraction of sp³-hybridized carbons (Fsp3) is 1.00. The van der Waals surface area contributed by atoms with Gasteiger partial charge in [-0.3, -0.25) is 0 Å². The highest BCUT2D eigenvalue weighted by atomic mass is 16.3. The Morgan fingerprint density at radius 1 is 1.21 bits per heavy atom. The van der Waals surface area contributed by atoms with Gasteiger partial charge in [-0.1, -0.05) is 0 Å². The molecule has 0 spiro atoms. The molecule has 0 bridgehead atoms. The summed E-state index contributed by atoms with van der Waals surface area (Å²) in [6.45, 7) is 3.12. The number of hydrogen-bond donors (Lipinski definition) is 3. The molecule has 2 aliphatic rings. The second kappa shape index (κ2) is 4.60. The highest BCUT2D eigenvalue weighted by Gasteiger charge is 2.40. The van der Waals surface area contributed by atoms with E-state index in [1.54, 1.807) is 0 Å². The molecule has 3 N–H and O–H groups in total. The Kier molecular flexibility index (Phi) is 3.42. The van der Waals surface area contributed by atoms with E-state index in [1.807, 2.05) is 0 Å². The van der Waals surface area contributed by atoms with Crippen molar-refractivity contribution in [2.45, 2.75) is 50.2 Å². The van der Waals surface area contributed by atoms with Crippen LogP contribution in [0.15, 0.2) is 0 Å². The lowest BCUT2D eigenvalue weighted by Gasteiger charge is -2.22. The second-order valence-corrected chi connectivity index (χ2v) is 4.84. The molecule has 1 saturated carbocycles. The third-order valence-corrected chi connectivity index (χ3v) is 3.36. The minimum Gasteiger partial charge on any atom is -0.389 e. The van der Waals surface area contributed by atoms with Gasteiger partial charge in [0.25, 0.3) is 0 Å². The molecule has 1 aliphatic carbocycles. The molecular weight excluding hydrogens is 176 g/mol. The second-order valence-electron chi connectivity index (χ2n) is 4.84. The van der Waals surface area contributed by atoms with Gasteiger partial charge in [0.2, 0.25) is 0 Å². The maximum absolute atomic E-state index is 9.71. The van der Waals surface area contributed by atoms with E-state index < -0.39 is 0 Å². The number of rotatable bonds is 3. The van der Waals surface area contributed by atoms with Gasteiger partial charge in [0.05, 0.1) is 5.60 Å². The van der Waals surface area contributed by atoms with Crippen molar-refractivity contribution in [1.29, 1.82) is 0 Å². The molecular formula is C11H22N2O. The van der Waals surface area contributed by atoms with Gasteiger partial charge in [-0.25, -0.2) is 0 Å². The summed E-state index contributed by atoms with van der Waals surface area (Å²) < 4.78 is 0. The van der Waals surface area contributed by atoms with Crippen molar-refractivity contribution in [3.63, 3.8) is 0 Å². The first-order valence-electron chi connectivity index (χ1n) is 5.95. The van der Waals surface area contributed by atoms with Crippen LogP contribution in [0.1, 0.15) is 38.5 Å². The van der Waals surface area contributed by atoms with Crippen molar-refractivity contribution >= 4 is 0 Å². The molecule has 0 amide bonds. The Morgan fingerprint density at radius 2 is 1.86 bits per heavy atom. The molecule has 0 atom stereocenters. The highest BCUT2D eigenvalue weighted by Crippen LogP contribution is 2.34. The summed E-state index contributed by atoms with van der Waals surface area (Å²) in [5.74, 6) is 0. The van der Waals surface area contributed by atoms with Crippen molar-refractivity contribution in [3.8, 4) is 0 Å². The van der Waals surface area contributed by atoms with E-state index in [1.165, 1.54) is 25.7 Å². The predicted octanol–water partition coefficient (Wildman–Crippen LogP) is 0.633. The van der Waals surface area contributed by atoms with Crippen LogP contribution in [-0.4, -0.2) is 36.4 Å². The lowest BCUT2D eigenvalue weighted by atomic mass is 10.0. The van der Waals surface area contributed by atoms with Gasteiger partial charge in [-0.2, -0.15) is 0 Å². The normalized spacial score (nSPS) is 28.1. The summed E-state index contributed by atoms with van der Waals surface area (Å²) in [4.78, 5) is 0. The standard InChI is InChI=1S/C11H22N2O/c14-11(5-6-11)9-13-10-3-1-7-12-8-2-4-10/h10,12-14H,1-9H2. The summed E-state index contributed by atoms with van der Waals surface area (Å²) >= 11 is 0. The van der Waals surface area contributed by atoms with Gasteiger partial charge in [0.1, 0.15) is 0 Å². The van der Waals surface area contributed by atoms with Crippen LogP contribution in [-0.2, 0) is 0 Å². The van der Waals surface area contributed by atoms with E-state index >= 15 is 0 Å². The Hall–Kier alpha value is -0.120. The van der Waals surface area contributed by atoms with Crippen molar-refractivity contribution in [1.82, 2.24) is 10.6 Å². The lowest BCUT2D eigenvalue weighted by molar-refractivity contribution is 0.141. The summed E-state index contributed by atoms with van der Waals surface area (Å²) in [6, 6.07) is 0.640. The lowest BCUT2D eigenvalue weighted by Crippen LogP contribution is -2.38. The summed E-state index contributed by atoms with van der Waals surface area (Å²) in [5, 5.41) is 16.6. The molecule has 3 heteroatoms. The fourth-order valence-corrected chi connectivity index (χ4v) is 2.08. The Bertz CT molecular complexity index is 172. The number of nitrogens with one attached hydrogen (secondary N) is 2. The fourth-order valence-electron chi connectivity index (χ4n) is 2.08. The zero-order valence-corrected chi connectivity index (χ0v) is 8.89. The third-order valence-electron chi connectivity index (χ3n) is 3.36. The van der Waals surface area contributed by atoms with Crippen LogP contribution in [0.2, 0.25) is 0 Å². The van der Waals surface area contributed by atoms with Crippen molar-refractivity contribution in [2.75, 3.05) is 19.6 Å². The minimum atomic E-state index is -0.333. The predicted molar refractivity (Wildman–Crippen MR) is 57.3 cm³/mol. The van der Waals surface area contributed by atoms with Crippen molar-refractivity contribution in [2.24, 2.45) is 0 Å². The molecule has 0 aromatic carbocycles. The molecule has 0 unspecified atom stereocenters. The quantitative estimate of drug-likeness (QED) is 0.623. The maximum atomic E-state index is 9.71. The average molecular weight is 198 g/mol. The first kappa shape index (κ1) is 10.4. The summed E-state index contributed by atoms with van der Waals surface area (Å²) in [5.41, 5.74) is -0.333. The molecule has 2 rings (SSSR count). The summed E-state index contributed by atoms with van der Waals surface area (Å²) in [6.07, 6.45) is 7.01. The monoisotopic (exact) mass is 198 g/mol. The molecule has 0 radical (unpaired) electrons. The van der Waals surface area contributed by atoms with Crippen LogP contribution in [0, 0.1) is 0 Å². The minimum absolute atomic E-state index is 0.333. The van der Waals surface area contributed by atoms with E-state index in [4.69, 9.17) is 0 Å². The zero-order chi connectivity index (χ0) is 9.86. The molecule has 0 aromatic heterocycles. The van der Waals surface area contributed by atoms with Crippen molar-refractivity contribution < 1.29 is 5.11 Å². The van der Waals surface area contributed by atoms with E-state index in [0.717, 1.165) is 32.5 Å². The molecule has 3 nitrogen and oxygen atoms in total. The van der Waals surface area contributed by atoms with Crippen molar-refractivity contribution in [3.05, 3.63) is 0 Å². The zero-order valence-electron chi connectivity index (χ0n) is 8.89. The maximum Gasteiger partial charge on any atom is 0.0773 e. The molecule has 1 aliphatic heterocycles. The Labute approximate surface area is 86.3 Å². The smallest absolute Gasteiger partial charge is 0.0773 e. The molecule has 82 valence electrons. The van der Waals surface area contributed by atoms with Gasteiger partial charge in [-0.15, -0.1) is 0 Å². The van der Waals surface area contributed by atoms with Crippen LogP contribution >= 0.6 is 0 Å². The van der Waals surface area contributed by atoms with Crippen LogP contribution in [0.4, 0.5) is 0 Å². The number of hydrogen-bond acceptors (Lipinski definition) is 3. The molecule has 0 aromatic rings. The largest absolute Gasteiger partial charge is 0.389 e. The SMILES string of the molecule is OC1(CNC2CCCNCCC2)CC1. The van der Waals surface area contributed by atoms with Crippen LogP contribution in [0.25, 0.3) is 0 Å². The van der Waals surface area contributed by atoms with E-state index in [0.29, 0.717) is 6.04 Å². The molecule has 1 heterocycles. The van der Waals surface area contributed by atoms with E-state index in [2.05, 4.69) is 10.6 Å². The highest BCUT2D eigenvalue weighted by molar-refractivity contribution is 4.96. The topological polar surface area (TPSA) is 44.3 Å². The van der Waals surface area contributed by atoms with Gasteiger partial charge in [0, 0.05) is 12.6 Å². The van der Waals surface area contributed by atoms with Gasteiger partial charge in [0.15, 0.2) is 0 Å². The third kappa shape index (κ3) is 3.23. The van der Waals surface area contributed by atoms with Crippen LogP contribution in [0.5, 0.6) is 0 Å². The number of aliphatic hydroxyl groups is 1. The van der Waals surface area contributed by atoms with Crippen LogP contribution in [0.3, 0.4) is 0 Å². The molecule has 14 heavy (non-hydrogen) atoms. The van der Waals surface area contributed by atoms with Gasteiger partial charge < -0.3 is 15.7 Å². The molecule has 1 saturated heterocycles. The first-order chi connectivity index (χ1) is 6.79. The van der Waals surface area contributed by atoms with Gasteiger partial charge in [-0.05, 0) is 51.6 Å². The summed E-state index contributed by atoms with van der Waals surface area (Å²) in [7, 11) is 0. The van der Waals surface area contributed by atoms with Crippen LogP contribution < -0.4 is 10.6 Å². The van der Waals surface area contributed by atoms with E-state index in [-0.39, 0.29) is 5.60 Å². The average Bonchev–Trinajstić information content (AvgIpc) is 2.82. The Morgan fingerprint density at radius 3 is 2.43 bits per heavy atom. The van der Waals surface area contributed by atoms with E-state index in [9.17, 15) is 5.11 Å².